The van der Waals surface area contributed by atoms with E-state index >= 15 is 0 Å². The average Bonchev–Trinajstić information content (AvgIpc) is 3.43. The molecule has 0 radical (unpaired) electrons. The molecule has 0 fully saturated rings. The van der Waals surface area contributed by atoms with Gasteiger partial charge >= 0.3 is 0 Å². The van der Waals surface area contributed by atoms with Gasteiger partial charge in [0.1, 0.15) is 0 Å². The number of aromatic nitrogens is 1. The van der Waals surface area contributed by atoms with Crippen molar-refractivity contribution in [3.05, 3.63) is 176 Å². The minimum absolute atomic E-state index is 1.16. The Labute approximate surface area is 251 Å². The number of hydrogen-bond donors (Lipinski definition) is 0. The van der Waals surface area contributed by atoms with Crippen LogP contribution in [0.25, 0.3) is 72.0 Å². The highest BCUT2D eigenvalue weighted by molar-refractivity contribution is 6.16. The molecule has 0 aliphatic heterocycles. The number of rotatable bonds is 5. The highest BCUT2D eigenvalue weighted by Crippen LogP contribution is 2.45. The van der Waals surface area contributed by atoms with Gasteiger partial charge in [0.25, 0.3) is 0 Å². The van der Waals surface area contributed by atoms with Crippen molar-refractivity contribution in [2.24, 2.45) is 0 Å². The van der Waals surface area contributed by atoms with Crippen LogP contribution in [0, 0.1) is 0 Å². The van der Waals surface area contributed by atoms with E-state index in [1.165, 1.54) is 66.3 Å². The van der Waals surface area contributed by atoms with Gasteiger partial charge in [-0.15, -0.1) is 0 Å². The SMILES string of the molecule is c1ccc(-c2ccccc2-c2cc(-c3ccccc3-c3ccccc3)c3c(c2)c2ccccc2n3-c2ccccc2)cc1. The number of fused-ring (bicyclic) bond motifs is 3. The summed E-state index contributed by atoms with van der Waals surface area (Å²) in [6, 6.07) is 63.4. The summed E-state index contributed by atoms with van der Waals surface area (Å²) in [6.07, 6.45) is 0. The van der Waals surface area contributed by atoms with Gasteiger partial charge in [0, 0.05) is 22.0 Å². The van der Waals surface area contributed by atoms with E-state index in [1.807, 2.05) is 0 Å². The zero-order valence-electron chi connectivity index (χ0n) is 23.7. The summed E-state index contributed by atoms with van der Waals surface area (Å²) in [5.74, 6) is 0. The van der Waals surface area contributed by atoms with Gasteiger partial charge in [-0.05, 0) is 69.3 Å². The van der Waals surface area contributed by atoms with Gasteiger partial charge < -0.3 is 4.57 Å². The summed E-state index contributed by atoms with van der Waals surface area (Å²) in [5, 5.41) is 2.50. The van der Waals surface area contributed by atoms with Crippen molar-refractivity contribution in [2.75, 3.05) is 0 Å². The lowest BCUT2D eigenvalue weighted by atomic mass is 9.88. The molecule has 0 aliphatic carbocycles. The molecule has 0 atom stereocenters. The van der Waals surface area contributed by atoms with Crippen molar-refractivity contribution in [3.63, 3.8) is 0 Å². The van der Waals surface area contributed by atoms with Crippen molar-refractivity contribution >= 4 is 21.8 Å². The fraction of sp³-hybridized carbons (Fsp3) is 0. The van der Waals surface area contributed by atoms with Crippen LogP contribution in [0.4, 0.5) is 0 Å². The van der Waals surface area contributed by atoms with Gasteiger partial charge in [-0.25, -0.2) is 0 Å². The van der Waals surface area contributed by atoms with E-state index in [0.29, 0.717) is 0 Å². The van der Waals surface area contributed by atoms with E-state index < -0.39 is 0 Å². The molecule has 0 unspecified atom stereocenters. The minimum Gasteiger partial charge on any atom is -0.309 e. The van der Waals surface area contributed by atoms with Gasteiger partial charge in [-0.2, -0.15) is 0 Å². The van der Waals surface area contributed by atoms with Gasteiger partial charge in [-0.1, -0.05) is 146 Å². The molecule has 43 heavy (non-hydrogen) atoms. The van der Waals surface area contributed by atoms with Crippen molar-refractivity contribution in [2.45, 2.75) is 0 Å². The molecule has 202 valence electrons. The molecular formula is C42H29N. The fourth-order valence-corrected chi connectivity index (χ4v) is 6.50. The minimum atomic E-state index is 1.16. The topological polar surface area (TPSA) is 4.93 Å². The largest absolute Gasteiger partial charge is 0.309 e. The second kappa shape index (κ2) is 10.6. The van der Waals surface area contributed by atoms with Crippen molar-refractivity contribution in [3.8, 4) is 50.2 Å². The summed E-state index contributed by atoms with van der Waals surface area (Å²) in [4.78, 5) is 0. The summed E-state index contributed by atoms with van der Waals surface area (Å²) in [5.41, 5.74) is 13.3. The Hall–Kier alpha value is -5.66. The van der Waals surface area contributed by atoms with Crippen molar-refractivity contribution in [1.82, 2.24) is 4.57 Å². The molecule has 0 aliphatic rings. The third-order valence-corrected chi connectivity index (χ3v) is 8.41. The highest BCUT2D eigenvalue weighted by Gasteiger charge is 2.21. The molecule has 0 spiro atoms. The smallest absolute Gasteiger partial charge is 0.0620 e. The Morgan fingerprint density at radius 3 is 1.40 bits per heavy atom. The number of para-hydroxylation sites is 2. The van der Waals surface area contributed by atoms with Gasteiger partial charge in [-0.3, -0.25) is 0 Å². The molecular weight excluding hydrogens is 518 g/mol. The Morgan fingerprint density at radius 1 is 0.302 bits per heavy atom. The van der Waals surface area contributed by atoms with Crippen LogP contribution < -0.4 is 0 Å². The Bertz CT molecular complexity index is 2210. The first kappa shape index (κ1) is 25.1. The zero-order valence-corrected chi connectivity index (χ0v) is 23.7. The van der Waals surface area contributed by atoms with E-state index in [-0.39, 0.29) is 0 Å². The van der Waals surface area contributed by atoms with Crippen LogP contribution in [-0.2, 0) is 0 Å². The Kier molecular flexibility index (Phi) is 6.20. The maximum Gasteiger partial charge on any atom is 0.0620 e. The molecule has 0 bridgehead atoms. The molecule has 7 aromatic carbocycles. The first-order valence-corrected chi connectivity index (χ1v) is 14.8. The average molecular weight is 548 g/mol. The van der Waals surface area contributed by atoms with Crippen LogP contribution in [0.2, 0.25) is 0 Å². The molecule has 1 aromatic heterocycles. The van der Waals surface area contributed by atoms with Crippen LogP contribution in [0.1, 0.15) is 0 Å². The Morgan fingerprint density at radius 2 is 0.767 bits per heavy atom. The first-order chi connectivity index (χ1) is 21.4. The van der Waals surface area contributed by atoms with E-state index in [2.05, 4.69) is 180 Å². The predicted molar refractivity (Wildman–Crippen MR) is 183 cm³/mol. The summed E-state index contributed by atoms with van der Waals surface area (Å²) < 4.78 is 2.44. The summed E-state index contributed by atoms with van der Waals surface area (Å²) in [7, 11) is 0. The lowest BCUT2D eigenvalue weighted by Gasteiger charge is -2.17. The number of benzene rings is 7. The molecule has 1 nitrogen and oxygen atoms in total. The standard InChI is InChI=1S/C42H29N/c1-4-16-30(17-5-1)34-22-10-11-24-36(34)32-28-39(37-25-13-12-23-35(37)31-18-6-2-7-19-31)42-40(29-32)38-26-14-15-27-41(38)43(42)33-20-8-3-9-21-33/h1-29H. The summed E-state index contributed by atoms with van der Waals surface area (Å²) in [6.45, 7) is 0. The van der Waals surface area contributed by atoms with E-state index in [4.69, 9.17) is 0 Å². The number of nitrogens with zero attached hydrogens (tertiary/aromatic N) is 1. The predicted octanol–water partition coefficient (Wildman–Crippen LogP) is 11.5. The van der Waals surface area contributed by atoms with Crippen LogP contribution in [-0.4, -0.2) is 4.57 Å². The maximum atomic E-state index is 2.44. The van der Waals surface area contributed by atoms with Crippen LogP contribution in [0.3, 0.4) is 0 Å². The molecule has 8 aromatic rings. The Balaban J connectivity index is 1.52. The van der Waals surface area contributed by atoms with Gasteiger partial charge in [0.05, 0.1) is 11.0 Å². The third kappa shape index (κ3) is 4.34. The monoisotopic (exact) mass is 547 g/mol. The normalized spacial score (nSPS) is 11.3. The lowest BCUT2D eigenvalue weighted by molar-refractivity contribution is 1.18. The highest BCUT2D eigenvalue weighted by atomic mass is 15.0. The summed E-state index contributed by atoms with van der Waals surface area (Å²) >= 11 is 0. The maximum absolute atomic E-state index is 2.44. The van der Waals surface area contributed by atoms with Crippen LogP contribution in [0.5, 0.6) is 0 Å². The van der Waals surface area contributed by atoms with Crippen molar-refractivity contribution in [1.29, 1.82) is 0 Å². The van der Waals surface area contributed by atoms with Crippen molar-refractivity contribution < 1.29 is 0 Å². The zero-order chi connectivity index (χ0) is 28.6. The van der Waals surface area contributed by atoms with Crippen LogP contribution >= 0.6 is 0 Å². The van der Waals surface area contributed by atoms with Gasteiger partial charge in [0.15, 0.2) is 0 Å². The second-order valence-corrected chi connectivity index (χ2v) is 10.9. The van der Waals surface area contributed by atoms with E-state index in [1.54, 1.807) is 0 Å². The lowest BCUT2D eigenvalue weighted by Crippen LogP contribution is -1.97. The molecule has 0 N–H and O–H groups in total. The molecule has 1 heterocycles. The molecule has 0 saturated carbocycles. The molecule has 0 saturated heterocycles. The molecule has 8 rings (SSSR count). The quantitative estimate of drug-likeness (QED) is 0.202. The first-order valence-electron chi connectivity index (χ1n) is 14.8. The van der Waals surface area contributed by atoms with E-state index in [9.17, 15) is 0 Å². The van der Waals surface area contributed by atoms with Crippen LogP contribution in [0.15, 0.2) is 176 Å². The van der Waals surface area contributed by atoms with E-state index in [0.717, 1.165) is 5.69 Å². The second-order valence-electron chi connectivity index (χ2n) is 10.9. The number of hydrogen-bond acceptors (Lipinski definition) is 0. The third-order valence-electron chi connectivity index (χ3n) is 8.41. The van der Waals surface area contributed by atoms with Gasteiger partial charge in [0.2, 0.25) is 0 Å². The fourth-order valence-electron chi connectivity index (χ4n) is 6.50. The molecule has 0 amide bonds. The molecule has 1 heteroatoms.